The number of anilines is 1. The summed E-state index contributed by atoms with van der Waals surface area (Å²) < 4.78 is 7.44. The van der Waals surface area contributed by atoms with Crippen LogP contribution in [-0.2, 0) is 16.7 Å². The zero-order chi connectivity index (χ0) is 24.6. The first-order valence-electron chi connectivity index (χ1n) is 12.2. The minimum Gasteiger partial charge on any atom is -0.477 e. The van der Waals surface area contributed by atoms with E-state index in [1.165, 1.54) is 5.56 Å². The van der Waals surface area contributed by atoms with Crippen LogP contribution in [0.3, 0.4) is 0 Å². The number of benzene rings is 3. The standard InChI is InChI=1S/C30H32N2O3/c1-30(2,3)23-13-11-22(12-14-23)27-25-9-4-5-10-26(25)32(28(27)29(33)34)20-21-7-6-8-24(19-21)31-15-17-35-18-16-31/h4-14,19H,15-18,20H2,1-3H3,(H,33,34). The van der Waals surface area contributed by atoms with Gasteiger partial charge in [-0.15, -0.1) is 0 Å². The minimum absolute atomic E-state index is 0.0354. The number of aromatic carboxylic acids is 1. The Morgan fingerprint density at radius 3 is 2.34 bits per heavy atom. The first-order chi connectivity index (χ1) is 16.8. The van der Waals surface area contributed by atoms with E-state index in [0.29, 0.717) is 12.2 Å². The molecule has 5 heteroatoms. The largest absolute Gasteiger partial charge is 0.477 e. The molecule has 0 amide bonds. The molecule has 1 N–H and O–H groups in total. The molecule has 1 aromatic heterocycles. The highest BCUT2D eigenvalue weighted by atomic mass is 16.5. The smallest absolute Gasteiger partial charge is 0.353 e. The lowest BCUT2D eigenvalue weighted by Gasteiger charge is -2.29. The molecule has 0 bridgehead atoms. The molecule has 1 saturated heterocycles. The van der Waals surface area contributed by atoms with Gasteiger partial charge in [-0.1, -0.05) is 75.4 Å². The van der Waals surface area contributed by atoms with E-state index in [-0.39, 0.29) is 5.41 Å². The third kappa shape index (κ3) is 4.56. The van der Waals surface area contributed by atoms with Crippen LogP contribution < -0.4 is 4.90 Å². The second-order valence-electron chi connectivity index (χ2n) is 10.2. The van der Waals surface area contributed by atoms with Gasteiger partial charge in [-0.25, -0.2) is 4.79 Å². The Kier molecular flexibility index (Phi) is 6.12. The van der Waals surface area contributed by atoms with E-state index < -0.39 is 5.97 Å². The van der Waals surface area contributed by atoms with Gasteiger partial charge in [0.15, 0.2) is 0 Å². The maximum atomic E-state index is 12.7. The number of carboxylic acid groups (broad SMARTS) is 1. The lowest BCUT2D eigenvalue weighted by Crippen LogP contribution is -2.36. The number of hydrogen-bond acceptors (Lipinski definition) is 3. The summed E-state index contributed by atoms with van der Waals surface area (Å²) in [6.45, 7) is 10.2. The van der Waals surface area contributed by atoms with Gasteiger partial charge in [0.25, 0.3) is 0 Å². The third-order valence-electron chi connectivity index (χ3n) is 6.84. The van der Waals surface area contributed by atoms with Crippen LogP contribution in [-0.4, -0.2) is 41.9 Å². The van der Waals surface area contributed by atoms with E-state index in [1.807, 2.05) is 28.8 Å². The number of carbonyl (C=O) groups is 1. The Bertz CT molecular complexity index is 1360. The fourth-order valence-corrected chi connectivity index (χ4v) is 4.97. The van der Waals surface area contributed by atoms with E-state index in [4.69, 9.17) is 4.74 Å². The van der Waals surface area contributed by atoms with Crippen molar-refractivity contribution in [1.82, 2.24) is 4.57 Å². The maximum Gasteiger partial charge on any atom is 0.353 e. The van der Waals surface area contributed by atoms with Crippen LogP contribution in [0, 0.1) is 0 Å². The number of aromatic nitrogens is 1. The molecule has 1 aliphatic heterocycles. The van der Waals surface area contributed by atoms with Crippen molar-refractivity contribution >= 4 is 22.6 Å². The molecule has 0 radical (unpaired) electrons. The molecule has 180 valence electrons. The number of morpholine rings is 1. The van der Waals surface area contributed by atoms with Crippen LogP contribution in [0.5, 0.6) is 0 Å². The molecule has 5 nitrogen and oxygen atoms in total. The Hall–Kier alpha value is -3.57. The van der Waals surface area contributed by atoms with Crippen molar-refractivity contribution < 1.29 is 14.6 Å². The lowest BCUT2D eigenvalue weighted by molar-refractivity contribution is 0.0687. The van der Waals surface area contributed by atoms with Gasteiger partial charge < -0.3 is 19.3 Å². The van der Waals surface area contributed by atoms with Crippen LogP contribution in [0.1, 0.15) is 42.4 Å². The topological polar surface area (TPSA) is 54.7 Å². The van der Waals surface area contributed by atoms with Gasteiger partial charge in [0.05, 0.1) is 13.2 Å². The molecule has 3 aromatic carbocycles. The summed E-state index contributed by atoms with van der Waals surface area (Å²) in [5.74, 6) is -0.916. The molecule has 0 unspecified atom stereocenters. The molecular formula is C30H32N2O3. The number of fused-ring (bicyclic) bond motifs is 1. The number of ether oxygens (including phenoxy) is 1. The Balaban J connectivity index is 1.61. The second-order valence-corrected chi connectivity index (χ2v) is 10.2. The van der Waals surface area contributed by atoms with Gasteiger partial charge in [-0.2, -0.15) is 0 Å². The average molecular weight is 469 g/mol. The first-order valence-corrected chi connectivity index (χ1v) is 12.2. The molecule has 0 saturated carbocycles. The summed E-state index contributed by atoms with van der Waals surface area (Å²) in [6.07, 6.45) is 0. The van der Waals surface area contributed by atoms with Crippen LogP contribution in [0.4, 0.5) is 5.69 Å². The van der Waals surface area contributed by atoms with Crippen molar-refractivity contribution in [3.05, 3.63) is 89.6 Å². The summed E-state index contributed by atoms with van der Waals surface area (Å²) in [5.41, 5.74) is 6.44. The molecule has 2 heterocycles. The van der Waals surface area contributed by atoms with E-state index >= 15 is 0 Å². The maximum absolute atomic E-state index is 12.7. The molecular weight excluding hydrogens is 436 g/mol. The first kappa shape index (κ1) is 23.2. The van der Waals surface area contributed by atoms with Crippen LogP contribution >= 0.6 is 0 Å². The van der Waals surface area contributed by atoms with Gasteiger partial charge in [0.1, 0.15) is 5.69 Å². The fourth-order valence-electron chi connectivity index (χ4n) is 4.97. The molecule has 5 rings (SSSR count). The van der Waals surface area contributed by atoms with Gasteiger partial charge in [-0.05, 0) is 40.3 Å². The summed E-state index contributed by atoms with van der Waals surface area (Å²) in [6, 6.07) is 24.7. The van der Waals surface area contributed by atoms with Gasteiger partial charge in [-0.3, -0.25) is 0 Å². The number of nitrogens with zero attached hydrogens (tertiary/aromatic N) is 2. The molecule has 0 atom stereocenters. The van der Waals surface area contributed by atoms with Crippen molar-refractivity contribution in [3.8, 4) is 11.1 Å². The Morgan fingerprint density at radius 2 is 1.66 bits per heavy atom. The minimum atomic E-state index is -0.916. The van der Waals surface area contributed by atoms with Crippen molar-refractivity contribution in [1.29, 1.82) is 0 Å². The van der Waals surface area contributed by atoms with Crippen molar-refractivity contribution in [2.45, 2.75) is 32.7 Å². The Labute approximate surface area is 206 Å². The number of rotatable bonds is 5. The summed E-state index contributed by atoms with van der Waals surface area (Å²) in [7, 11) is 0. The predicted molar refractivity (Wildman–Crippen MR) is 142 cm³/mol. The molecule has 0 spiro atoms. The van der Waals surface area contributed by atoms with Gasteiger partial charge in [0.2, 0.25) is 0 Å². The summed E-state index contributed by atoms with van der Waals surface area (Å²) >= 11 is 0. The predicted octanol–water partition coefficient (Wildman–Crippen LogP) is 6.19. The van der Waals surface area contributed by atoms with Gasteiger partial charge in [0, 0.05) is 41.8 Å². The van der Waals surface area contributed by atoms with E-state index in [9.17, 15) is 9.90 Å². The van der Waals surface area contributed by atoms with Gasteiger partial charge >= 0.3 is 5.97 Å². The van der Waals surface area contributed by atoms with E-state index in [2.05, 4.69) is 74.2 Å². The van der Waals surface area contributed by atoms with Crippen LogP contribution in [0.15, 0.2) is 72.8 Å². The third-order valence-corrected chi connectivity index (χ3v) is 6.84. The van der Waals surface area contributed by atoms with Crippen molar-refractivity contribution in [2.24, 2.45) is 0 Å². The highest BCUT2D eigenvalue weighted by Gasteiger charge is 2.24. The molecule has 1 aliphatic rings. The highest BCUT2D eigenvalue weighted by molar-refractivity contribution is 6.08. The number of para-hydroxylation sites is 1. The highest BCUT2D eigenvalue weighted by Crippen LogP contribution is 2.37. The summed E-state index contributed by atoms with van der Waals surface area (Å²) in [5, 5.41) is 11.3. The van der Waals surface area contributed by atoms with Crippen LogP contribution in [0.2, 0.25) is 0 Å². The zero-order valence-electron chi connectivity index (χ0n) is 20.6. The molecule has 1 fully saturated rings. The quantitative estimate of drug-likeness (QED) is 0.380. The normalized spacial score (nSPS) is 14.4. The van der Waals surface area contributed by atoms with E-state index in [1.54, 1.807) is 0 Å². The SMILES string of the molecule is CC(C)(C)c1ccc(-c2c(C(=O)O)n(Cc3cccc(N4CCOCC4)c3)c3ccccc23)cc1. The van der Waals surface area contributed by atoms with Crippen molar-refractivity contribution in [2.75, 3.05) is 31.2 Å². The zero-order valence-corrected chi connectivity index (χ0v) is 20.6. The second kappa shape index (κ2) is 9.23. The molecule has 4 aromatic rings. The molecule has 35 heavy (non-hydrogen) atoms. The van der Waals surface area contributed by atoms with Crippen LogP contribution in [0.25, 0.3) is 22.0 Å². The number of hydrogen-bond donors (Lipinski definition) is 1. The molecule has 0 aliphatic carbocycles. The summed E-state index contributed by atoms with van der Waals surface area (Å²) in [4.78, 5) is 15.0. The fraction of sp³-hybridized carbons (Fsp3) is 0.300. The number of carboxylic acids is 1. The van der Waals surface area contributed by atoms with Crippen molar-refractivity contribution in [3.63, 3.8) is 0 Å². The Morgan fingerprint density at radius 1 is 0.943 bits per heavy atom. The monoisotopic (exact) mass is 468 g/mol. The average Bonchev–Trinajstić information content (AvgIpc) is 3.19. The van der Waals surface area contributed by atoms with E-state index in [0.717, 1.165) is 59.6 Å². The lowest BCUT2D eigenvalue weighted by atomic mass is 9.86.